The molecular formula is C19H27N3O2. The Balaban J connectivity index is 1.68. The molecular weight excluding hydrogens is 302 g/mol. The van der Waals surface area contributed by atoms with Gasteiger partial charge in [-0.15, -0.1) is 0 Å². The van der Waals surface area contributed by atoms with Gasteiger partial charge in [0.05, 0.1) is 11.8 Å². The van der Waals surface area contributed by atoms with Gasteiger partial charge in [0.2, 0.25) is 11.8 Å². The summed E-state index contributed by atoms with van der Waals surface area (Å²) in [4.78, 5) is 27.2. The molecule has 2 unspecified atom stereocenters. The Morgan fingerprint density at radius 1 is 1.21 bits per heavy atom. The number of fused-ring (bicyclic) bond motifs is 1. The minimum absolute atomic E-state index is 0.0296. The zero-order valence-electron chi connectivity index (χ0n) is 14.2. The molecule has 0 spiro atoms. The molecule has 3 N–H and O–H groups in total. The fraction of sp³-hybridized carbons (Fsp3) is 0.579. The predicted molar refractivity (Wildman–Crippen MR) is 93.5 cm³/mol. The lowest BCUT2D eigenvalue weighted by molar-refractivity contribution is -0.137. The van der Waals surface area contributed by atoms with Gasteiger partial charge in [-0.2, -0.15) is 0 Å². The van der Waals surface area contributed by atoms with Gasteiger partial charge in [-0.1, -0.05) is 24.3 Å². The van der Waals surface area contributed by atoms with E-state index in [1.807, 2.05) is 17.0 Å². The third-order valence-electron chi connectivity index (χ3n) is 5.21. The van der Waals surface area contributed by atoms with Gasteiger partial charge in [-0.3, -0.25) is 9.59 Å². The number of amides is 2. The van der Waals surface area contributed by atoms with E-state index in [2.05, 4.69) is 17.4 Å². The molecule has 1 heterocycles. The summed E-state index contributed by atoms with van der Waals surface area (Å²) in [6.45, 7) is 2.24. The molecule has 5 heteroatoms. The van der Waals surface area contributed by atoms with Crippen LogP contribution in [0.3, 0.4) is 0 Å². The molecule has 2 aliphatic rings. The maximum Gasteiger partial charge on any atom is 0.230 e. The first-order valence-corrected chi connectivity index (χ1v) is 9.05. The predicted octanol–water partition coefficient (Wildman–Crippen LogP) is 1.42. The topological polar surface area (TPSA) is 75.4 Å². The summed E-state index contributed by atoms with van der Waals surface area (Å²) in [6, 6.07) is 8.29. The van der Waals surface area contributed by atoms with Crippen LogP contribution in [0.15, 0.2) is 24.3 Å². The molecule has 0 saturated carbocycles. The number of rotatable bonds is 4. The van der Waals surface area contributed by atoms with Crippen LogP contribution in [-0.2, 0) is 16.0 Å². The molecule has 2 amide bonds. The van der Waals surface area contributed by atoms with E-state index in [0.29, 0.717) is 19.6 Å². The van der Waals surface area contributed by atoms with E-state index in [-0.39, 0.29) is 23.7 Å². The van der Waals surface area contributed by atoms with Gasteiger partial charge < -0.3 is 16.0 Å². The summed E-state index contributed by atoms with van der Waals surface area (Å²) in [5.41, 5.74) is 7.93. The monoisotopic (exact) mass is 329 g/mol. The van der Waals surface area contributed by atoms with Crippen LogP contribution in [0.4, 0.5) is 0 Å². The van der Waals surface area contributed by atoms with Crippen molar-refractivity contribution in [2.45, 2.75) is 38.0 Å². The van der Waals surface area contributed by atoms with Crippen LogP contribution in [0.25, 0.3) is 0 Å². The Labute approximate surface area is 143 Å². The van der Waals surface area contributed by atoms with Crippen molar-refractivity contribution < 1.29 is 9.59 Å². The lowest BCUT2D eigenvalue weighted by atomic mass is 9.81. The van der Waals surface area contributed by atoms with Crippen LogP contribution in [0, 0.1) is 5.92 Å². The fourth-order valence-corrected chi connectivity index (χ4v) is 3.96. The van der Waals surface area contributed by atoms with E-state index in [4.69, 9.17) is 5.73 Å². The molecule has 1 aliphatic heterocycles. The fourth-order valence-electron chi connectivity index (χ4n) is 3.96. The van der Waals surface area contributed by atoms with Gasteiger partial charge in [0.1, 0.15) is 0 Å². The second kappa shape index (κ2) is 7.79. The van der Waals surface area contributed by atoms with Gasteiger partial charge in [-0.05, 0) is 43.2 Å². The van der Waals surface area contributed by atoms with Crippen molar-refractivity contribution in [1.82, 2.24) is 10.2 Å². The molecule has 2 atom stereocenters. The second-order valence-corrected chi connectivity index (χ2v) is 6.85. The molecule has 130 valence electrons. The van der Waals surface area contributed by atoms with Gasteiger partial charge in [0.15, 0.2) is 0 Å². The molecule has 1 aromatic carbocycles. The van der Waals surface area contributed by atoms with Crippen molar-refractivity contribution in [1.29, 1.82) is 0 Å². The van der Waals surface area contributed by atoms with Crippen molar-refractivity contribution in [2.24, 2.45) is 11.7 Å². The molecule has 0 radical (unpaired) electrons. The largest absolute Gasteiger partial charge is 0.355 e. The highest BCUT2D eigenvalue weighted by atomic mass is 16.2. The Kier molecular flexibility index (Phi) is 5.51. The van der Waals surface area contributed by atoms with Gasteiger partial charge in [-0.25, -0.2) is 0 Å². The van der Waals surface area contributed by atoms with Crippen LogP contribution < -0.4 is 11.1 Å². The summed E-state index contributed by atoms with van der Waals surface area (Å²) in [5.74, 6) is 0.0781. The molecule has 1 saturated heterocycles. The number of nitrogens with zero attached hydrogens (tertiary/aromatic N) is 1. The number of piperidine rings is 1. The number of likely N-dealkylation sites (tertiary alicyclic amines) is 1. The number of nitrogens with two attached hydrogens (primary N) is 1. The molecule has 1 aromatic rings. The Bertz CT molecular complexity index is 602. The second-order valence-electron chi connectivity index (χ2n) is 6.85. The zero-order chi connectivity index (χ0) is 16.9. The minimum atomic E-state index is -0.104. The van der Waals surface area contributed by atoms with Gasteiger partial charge >= 0.3 is 0 Å². The number of hydrogen-bond donors (Lipinski definition) is 2. The van der Waals surface area contributed by atoms with E-state index in [0.717, 1.165) is 38.6 Å². The van der Waals surface area contributed by atoms with Gasteiger partial charge in [0, 0.05) is 26.2 Å². The third-order valence-corrected chi connectivity index (χ3v) is 5.21. The summed E-state index contributed by atoms with van der Waals surface area (Å²) < 4.78 is 0. The standard InChI is InChI=1S/C19H27N3O2/c20-10-11-21-18(23)15-7-4-12-22(13-15)19(24)17-9-3-6-14-5-1-2-8-16(14)17/h1-2,5,8,15,17H,3-4,6-7,9-13,20H2,(H,21,23). The Morgan fingerprint density at radius 3 is 2.88 bits per heavy atom. The summed E-state index contributed by atoms with van der Waals surface area (Å²) >= 11 is 0. The third kappa shape index (κ3) is 3.61. The summed E-state index contributed by atoms with van der Waals surface area (Å²) in [7, 11) is 0. The number of carbonyl (C=O) groups is 2. The SMILES string of the molecule is NCCNC(=O)C1CCCN(C(=O)C2CCCc3ccccc32)C1. The van der Waals surface area contributed by atoms with Crippen LogP contribution in [0.1, 0.15) is 42.7 Å². The molecule has 0 bridgehead atoms. The Hall–Kier alpha value is -1.88. The molecule has 24 heavy (non-hydrogen) atoms. The lowest BCUT2D eigenvalue weighted by Crippen LogP contribution is -2.47. The van der Waals surface area contributed by atoms with Crippen LogP contribution >= 0.6 is 0 Å². The highest BCUT2D eigenvalue weighted by Gasteiger charge is 2.34. The Morgan fingerprint density at radius 2 is 2.04 bits per heavy atom. The van der Waals surface area contributed by atoms with E-state index in [1.165, 1.54) is 11.1 Å². The first kappa shape index (κ1) is 17.0. The van der Waals surface area contributed by atoms with Gasteiger partial charge in [0.25, 0.3) is 0 Å². The minimum Gasteiger partial charge on any atom is -0.355 e. The molecule has 5 nitrogen and oxygen atoms in total. The zero-order valence-corrected chi connectivity index (χ0v) is 14.2. The number of aryl methyl sites for hydroxylation is 1. The average molecular weight is 329 g/mol. The van der Waals surface area contributed by atoms with E-state index >= 15 is 0 Å². The number of nitrogens with one attached hydrogen (secondary N) is 1. The van der Waals surface area contributed by atoms with Crippen molar-refractivity contribution in [3.63, 3.8) is 0 Å². The highest BCUT2D eigenvalue weighted by molar-refractivity contribution is 5.86. The molecule has 0 aromatic heterocycles. The first-order valence-electron chi connectivity index (χ1n) is 9.05. The highest BCUT2D eigenvalue weighted by Crippen LogP contribution is 2.33. The van der Waals surface area contributed by atoms with Crippen molar-refractivity contribution in [3.05, 3.63) is 35.4 Å². The number of hydrogen-bond acceptors (Lipinski definition) is 3. The van der Waals surface area contributed by atoms with Crippen LogP contribution in [0.5, 0.6) is 0 Å². The smallest absolute Gasteiger partial charge is 0.230 e. The van der Waals surface area contributed by atoms with E-state index in [9.17, 15) is 9.59 Å². The van der Waals surface area contributed by atoms with Crippen LogP contribution in [-0.4, -0.2) is 42.9 Å². The molecule has 1 fully saturated rings. The van der Waals surface area contributed by atoms with E-state index < -0.39 is 0 Å². The normalized spacial score (nSPS) is 23.5. The average Bonchev–Trinajstić information content (AvgIpc) is 2.65. The summed E-state index contributed by atoms with van der Waals surface area (Å²) in [6.07, 6.45) is 4.77. The maximum atomic E-state index is 13.1. The van der Waals surface area contributed by atoms with Crippen LogP contribution in [0.2, 0.25) is 0 Å². The maximum absolute atomic E-state index is 13.1. The first-order chi connectivity index (χ1) is 11.7. The van der Waals surface area contributed by atoms with Crippen molar-refractivity contribution in [3.8, 4) is 0 Å². The van der Waals surface area contributed by atoms with Crippen molar-refractivity contribution in [2.75, 3.05) is 26.2 Å². The molecule has 1 aliphatic carbocycles. The number of carbonyl (C=O) groups excluding carboxylic acids is 2. The van der Waals surface area contributed by atoms with E-state index in [1.54, 1.807) is 0 Å². The number of benzene rings is 1. The lowest BCUT2D eigenvalue weighted by Gasteiger charge is -2.36. The van der Waals surface area contributed by atoms with Crippen molar-refractivity contribution >= 4 is 11.8 Å². The quantitative estimate of drug-likeness (QED) is 0.877. The molecule has 3 rings (SSSR count). The summed E-state index contributed by atoms with van der Waals surface area (Å²) in [5, 5.41) is 2.85.